The number of hydrogen-bond acceptors (Lipinski definition) is 4. The fourth-order valence-electron chi connectivity index (χ4n) is 2.71. The Morgan fingerprint density at radius 2 is 1.91 bits per heavy atom. The van der Waals surface area contributed by atoms with Crippen LogP contribution in [0.3, 0.4) is 0 Å². The Hall–Kier alpha value is -2.37. The van der Waals surface area contributed by atoms with E-state index in [1.807, 2.05) is 24.3 Å². The number of nitrogens with one attached hydrogen (secondary N) is 1. The second-order valence-corrected chi connectivity index (χ2v) is 5.51. The Balaban J connectivity index is 1.51. The zero-order chi connectivity index (χ0) is 15.2. The van der Waals surface area contributed by atoms with E-state index in [-0.39, 0.29) is 5.91 Å². The average molecular weight is 299 g/mol. The maximum atomic E-state index is 12.1. The molecule has 0 saturated carbocycles. The van der Waals surface area contributed by atoms with E-state index in [1.54, 1.807) is 11.0 Å². The lowest BCUT2D eigenvalue weighted by atomic mass is 10.1. The van der Waals surface area contributed by atoms with Gasteiger partial charge in [0.1, 0.15) is 12.7 Å². The molecule has 1 aliphatic heterocycles. The molecule has 0 atom stereocenters. The van der Waals surface area contributed by atoms with E-state index < -0.39 is 0 Å². The third-order valence-corrected chi connectivity index (χ3v) is 3.94. The van der Waals surface area contributed by atoms with Crippen molar-refractivity contribution in [3.8, 4) is 0 Å². The molecule has 1 fully saturated rings. The van der Waals surface area contributed by atoms with Crippen molar-refractivity contribution in [1.82, 2.24) is 20.1 Å². The van der Waals surface area contributed by atoms with Gasteiger partial charge in [0, 0.05) is 30.9 Å². The lowest BCUT2D eigenvalue weighted by Gasteiger charge is -2.28. The zero-order valence-electron chi connectivity index (χ0n) is 12.6. The molecule has 1 N–H and O–H groups in total. The van der Waals surface area contributed by atoms with E-state index in [0.29, 0.717) is 18.7 Å². The van der Waals surface area contributed by atoms with E-state index in [4.69, 9.17) is 0 Å². The van der Waals surface area contributed by atoms with Gasteiger partial charge in [-0.05, 0) is 43.5 Å². The van der Waals surface area contributed by atoms with Crippen LogP contribution in [0.15, 0.2) is 36.9 Å². The molecule has 6 nitrogen and oxygen atoms in total. The number of piperidine rings is 1. The summed E-state index contributed by atoms with van der Waals surface area (Å²) in [5.74, 6) is -0.0506. The highest BCUT2D eigenvalue weighted by atomic mass is 16.1. The molecule has 2 heterocycles. The number of benzene rings is 1. The van der Waals surface area contributed by atoms with E-state index >= 15 is 0 Å². The van der Waals surface area contributed by atoms with Gasteiger partial charge < -0.3 is 10.2 Å². The minimum Gasteiger partial charge on any atom is -0.372 e. The predicted octanol–water partition coefficient (Wildman–Crippen LogP) is 1.70. The van der Waals surface area contributed by atoms with Crippen molar-refractivity contribution in [3.63, 3.8) is 0 Å². The molecule has 6 heteroatoms. The molecule has 0 aliphatic carbocycles. The molecule has 1 aromatic heterocycles. The Bertz CT molecular complexity index is 588. The van der Waals surface area contributed by atoms with Crippen molar-refractivity contribution >= 4 is 11.6 Å². The van der Waals surface area contributed by atoms with Crippen LogP contribution >= 0.6 is 0 Å². The molecule has 1 aromatic carbocycles. The largest absolute Gasteiger partial charge is 0.372 e. The number of carbonyl (C=O) groups is 1. The van der Waals surface area contributed by atoms with Crippen LogP contribution in [0, 0.1) is 0 Å². The summed E-state index contributed by atoms with van der Waals surface area (Å²) in [6, 6.07) is 7.87. The molecular formula is C16H21N5O. The van der Waals surface area contributed by atoms with Crippen molar-refractivity contribution in [3.05, 3.63) is 42.5 Å². The summed E-state index contributed by atoms with van der Waals surface area (Å²) < 4.78 is 1.69. The summed E-state index contributed by atoms with van der Waals surface area (Å²) in [5.41, 5.74) is 1.90. The van der Waals surface area contributed by atoms with Crippen LogP contribution in [-0.4, -0.2) is 40.3 Å². The molecule has 116 valence electrons. The molecule has 0 bridgehead atoms. The molecule has 0 unspecified atom stereocenters. The molecular weight excluding hydrogens is 278 g/mol. The van der Waals surface area contributed by atoms with Gasteiger partial charge in [0.15, 0.2) is 0 Å². The van der Waals surface area contributed by atoms with Crippen LogP contribution in [0.1, 0.15) is 29.6 Å². The predicted molar refractivity (Wildman–Crippen MR) is 84.9 cm³/mol. The number of rotatable bonds is 5. The zero-order valence-corrected chi connectivity index (χ0v) is 12.6. The summed E-state index contributed by atoms with van der Waals surface area (Å²) in [5, 5.41) is 6.89. The third kappa shape index (κ3) is 3.63. The van der Waals surface area contributed by atoms with Crippen molar-refractivity contribution < 1.29 is 4.79 Å². The topological polar surface area (TPSA) is 63.1 Å². The van der Waals surface area contributed by atoms with Crippen LogP contribution < -0.4 is 10.2 Å². The highest BCUT2D eigenvalue weighted by Gasteiger charge is 2.11. The fraction of sp³-hybridized carbons (Fsp3) is 0.438. The highest BCUT2D eigenvalue weighted by molar-refractivity contribution is 5.94. The first-order chi connectivity index (χ1) is 10.8. The summed E-state index contributed by atoms with van der Waals surface area (Å²) in [4.78, 5) is 18.3. The van der Waals surface area contributed by atoms with Crippen molar-refractivity contribution in [2.75, 3.05) is 24.5 Å². The van der Waals surface area contributed by atoms with Gasteiger partial charge in [0.2, 0.25) is 0 Å². The van der Waals surface area contributed by atoms with E-state index in [1.165, 1.54) is 31.3 Å². The Kier molecular flexibility index (Phi) is 4.68. The second kappa shape index (κ2) is 7.06. The molecule has 3 rings (SSSR count). The van der Waals surface area contributed by atoms with Crippen LogP contribution in [0.4, 0.5) is 5.69 Å². The van der Waals surface area contributed by atoms with Crippen molar-refractivity contribution in [1.29, 1.82) is 0 Å². The monoisotopic (exact) mass is 299 g/mol. The smallest absolute Gasteiger partial charge is 0.251 e. The standard InChI is InChI=1S/C16H21N5O/c22-16(18-8-11-21-13-17-12-19-21)14-4-6-15(7-5-14)20-9-2-1-3-10-20/h4-7,12-13H,1-3,8-11H2,(H,18,22). The lowest BCUT2D eigenvalue weighted by Crippen LogP contribution is -2.29. The number of nitrogens with zero attached hydrogens (tertiary/aromatic N) is 4. The normalized spacial score (nSPS) is 14.8. The van der Waals surface area contributed by atoms with Crippen LogP contribution in [0.25, 0.3) is 0 Å². The van der Waals surface area contributed by atoms with Gasteiger partial charge in [0.25, 0.3) is 5.91 Å². The van der Waals surface area contributed by atoms with Gasteiger partial charge >= 0.3 is 0 Å². The maximum Gasteiger partial charge on any atom is 0.251 e. The number of carbonyl (C=O) groups excluding carboxylic acids is 1. The number of amides is 1. The average Bonchev–Trinajstić information content (AvgIpc) is 3.09. The van der Waals surface area contributed by atoms with E-state index in [9.17, 15) is 4.79 Å². The van der Waals surface area contributed by atoms with Crippen molar-refractivity contribution in [2.45, 2.75) is 25.8 Å². The van der Waals surface area contributed by atoms with Gasteiger partial charge in [-0.1, -0.05) is 0 Å². The first-order valence-electron chi connectivity index (χ1n) is 7.78. The van der Waals surface area contributed by atoms with Crippen molar-refractivity contribution in [2.24, 2.45) is 0 Å². The van der Waals surface area contributed by atoms with Crippen LogP contribution in [-0.2, 0) is 6.54 Å². The van der Waals surface area contributed by atoms with E-state index in [2.05, 4.69) is 20.3 Å². The van der Waals surface area contributed by atoms with Gasteiger partial charge in [-0.25, -0.2) is 4.98 Å². The summed E-state index contributed by atoms with van der Waals surface area (Å²) in [6.45, 7) is 3.39. The minimum atomic E-state index is -0.0506. The molecule has 1 amide bonds. The quantitative estimate of drug-likeness (QED) is 0.913. The molecule has 0 spiro atoms. The van der Waals surface area contributed by atoms with E-state index in [0.717, 1.165) is 13.1 Å². The summed E-state index contributed by atoms with van der Waals surface area (Å²) in [6.07, 6.45) is 6.96. The maximum absolute atomic E-state index is 12.1. The number of aromatic nitrogens is 3. The van der Waals surface area contributed by atoms with Crippen LogP contribution in [0.5, 0.6) is 0 Å². The fourth-order valence-corrected chi connectivity index (χ4v) is 2.71. The van der Waals surface area contributed by atoms with Gasteiger partial charge in [0.05, 0.1) is 6.54 Å². The number of anilines is 1. The van der Waals surface area contributed by atoms with Gasteiger partial charge in [-0.2, -0.15) is 5.10 Å². The molecule has 2 aromatic rings. The Morgan fingerprint density at radius 3 is 2.59 bits per heavy atom. The summed E-state index contributed by atoms with van der Waals surface area (Å²) >= 11 is 0. The highest BCUT2D eigenvalue weighted by Crippen LogP contribution is 2.20. The van der Waals surface area contributed by atoms with Gasteiger partial charge in [-0.15, -0.1) is 0 Å². The molecule has 1 saturated heterocycles. The molecule has 0 radical (unpaired) electrons. The third-order valence-electron chi connectivity index (χ3n) is 3.94. The SMILES string of the molecule is O=C(NCCn1cncn1)c1ccc(N2CCCCC2)cc1. The number of hydrogen-bond donors (Lipinski definition) is 1. The Morgan fingerprint density at radius 1 is 1.14 bits per heavy atom. The first-order valence-corrected chi connectivity index (χ1v) is 7.78. The molecule has 22 heavy (non-hydrogen) atoms. The lowest BCUT2D eigenvalue weighted by molar-refractivity contribution is 0.0952. The first kappa shape index (κ1) is 14.6. The molecule has 1 aliphatic rings. The second-order valence-electron chi connectivity index (χ2n) is 5.51. The summed E-state index contributed by atoms with van der Waals surface area (Å²) in [7, 11) is 0. The van der Waals surface area contributed by atoms with Gasteiger partial charge in [-0.3, -0.25) is 9.48 Å². The van der Waals surface area contributed by atoms with Crippen LogP contribution in [0.2, 0.25) is 0 Å². The minimum absolute atomic E-state index is 0.0506. The Labute approximate surface area is 130 Å².